The highest BCUT2D eigenvalue weighted by molar-refractivity contribution is 9.10. The zero-order valence-electron chi connectivity index (χ0n) is 10.4. The average Bonchev–Trinajstić information content (AvgIpc) is 2.34. The van der Waals surface area contributed by atoms with Crippen molar-refractivity contribution in [1.82, 2.24) is 0 Å². The summed E-state index contributed by atoms with van der Waals surface area (Å²) in [5.41, 5.74) is 3.60. The fourth-order valence-corrected chi connectivity index (χ4v) is 2.30. The van der Waals surface area contributed by atoms with Gasteiger partial charge in [0, 0.05) is 21.2 Å². The van der Waals surface area contributed by atoms with Crippen LogP contribution in [-0.4, -0.2) is 0 Å². The SMILES string of the molecule is Cc1ccc(Br)cc1NC(C)c1ccc(Cl)cc1. The molecule has 2 rings (SSSR count). The van der Waals surface area contributed by atoms with E-state index in [0.717, 1.165) is 15.2 Å². The first-order valence-corrected chi connectivity index (χ1v) is 7.01. The molecule has 1 nitrogen and oxygen atoms in total. The van der Waals surface area contributed by atoms with Crippen LogP contribution in [0.15, 0.2) is 46.9 Å². The molecule has 0 aliphatic rings. The maximum Gasteiger partial charge on any atom is 0.0485 e. The molecule has 0 saturated carbocycles. The Bertz CT molecular complexity index is 537. The molecule has 1 N–H and O–H groups in total. The summed E-state index contributed by atoms with van der Waals surface area (Å²) < 4.78 is 1.08. The molecule has 0 aliphatic carbocycles. The molecule has 0 spiro atoms. The van der Waals surface area contributed by atoms with Crippen molar-refractivity contribution in [2.45, 2.75) is 19.9 Å². The summed E-state index contributed by atoms with van der Waals surface area (Å²) in [6, 6.07) is 14.4. The number of benzene rings is 2. The van der Waals surface area contributed by atoms with Gasteiger partial charge in [0.25, 0.3) is 0 Å². The van der Waals surface area contributed by atoms with E-state index in [0.29, 0.717) is 0 Å². The summed E-state index contributed by atoms with van der Waals surface area (Å²) in [6.07, 6.45) is 0. The third kappa shape index (κ3) is 3.27. The molecule has 1 unspecified atom stereocenters. The van der Waals surface area contributed by atoms with Crippen molar-refractivity contribution in [1.29, 1.82) is 0 Å². The Morgan fingerprint density at radius 2 is 1.78 bits per heavy atom. The van der Waals surface area contributed by atoms with Gasteiger partial charge in [-0.05, 0) is 49.2 Å². The van der Waals surface area contributed by atoms with Crippen LogP contribution in [0.5, 0.6) is 0 Å². The van der Waals surface area contributed by atoms with Gasteiger partial charge in [0.15, 0.2) is 0 Å². The molecule has 0 fully saturated rings. The number of hydrogen-bond acceptors (Lipinski definition) is 1. The lowest BCUT2D eigenvalue weighted by Gasteiger charge is -2.17. The van der Waals surface area contributed by atoms with Crippen molar-refractivity contribution in [2.75, 3.05) is 5.32 Å². The van der Waals surface area contributed by atoms with Gasteiger partial charge in [0.2, 0.25) is 0 Å². The molecule has 94 valence electrons. The normalized spacial score (nSPS) is 12.2. The standard InChI is InChI=1S/C15H15BrClN/c1-10-3-6-13(16)9-15(10)18-11(2)12-4-7-14(17)8-5-12/h3-9,11,18H,1-2H3. The predicted octanol–water partition coefficient (Wildman–Crippen LogP) is 5.58. The summed E-state index contributed by atoms with van der Waals surface area (Å²) in [5, 5.41) is 4.28. The van der Waals surface area contributed by atoms with Crippen LogP contribution < -0.4 is 5.32 Å². The third-order valence-electron chi connectivity index (χ3n) is 2.94. The van der Waals surface area contributed by atoms with E-state index in [4.69, 9.17) is 11.6 Å². The Kier molecular flexibility index (Phi) is 4.31. The van der Waals surface area contributed by atoms with Gasteiger partial charge in [-0.1, -0.05) is 45.7 Å². The molecule has 0 heterocycles. The van der Waals surface area contributed by atoms with Crippen molar-refractivity contribution < 1.29 is 0 Å². The Morgan fingerprint density at radius 3 is 2.44 bits per heavy atom. The number of aryl methyl sites for hydroxylation is 1. The Hall–Kier alpha value is -0.990. The van der Waals surface area contributed by atoms with Crippen molar-refractivity contribution in [3.63, 3.8) is 0 Å². The summed E-state index contributed by atoms with van der Waals surface area (Å²) in [4.78, 5) is 0. The first kappa shape index (κ1) is 13.4. The van der Waals surface area contributed by atoms with E-state index in [1.54, 1.807) is 0 Å². The Balaban J connectivity index is 2.18. The number of anilines is 1. The summed E-state index contributed by atoms with van der Waals surface area (Å²) in [6.45, 7) is 4.24. The van der Waals surface area contributed by atoms with E-state index < -0.39 is 0 Å². The fraction of sp³-hybridized carbons (Fsp3) is 0.200. The van der Waals surface area contributed by atoms with Crippen LogP contribution in [0.1, 0.15) is 24.1 Å². The zero-order chi connectivity index (χ0) is 13.1. The van der Waals surface area contributed by atoms with Gasteiger partial charge in [-0.15, -0.1) is 0 Å². The molecular formula is C15H15BrClN. The third-order valence-corrected chi connectivity index (χ3v) is 3.69. The maximum absolute atomic E-state index is 5.90. The quantitative estimate of drug-likeness (QED) is 0.776. The Morgan fingerprint density at radius 1 is 1.11 bits per heavy atom. The largest absolute Gasteiger partial charge is 0.378 e. The lowest BCUT2D eigenvalue weighted by atomic mass is 10.1. The van der Waals surface area contributed by atoms with Crippen molar-refractivity contribution >= 4 is 33.2 Å². The van der Waals surface area contributed by atoms with Crippen LogP contribution in [0.2, 0.25) is 5.02 Å². The van der Waals surface area contributed by atoms with Crippen LogP contribution in [0.25, 0.3) is 0 Å². The van der Waals surface area contributed by atoms with E-state index in [1.165, 1.54) is 11.1 Å². The fourth-order valence-electron chi connectivity index (χ4n) is 1.82. The smallest absolute Gasteiger partial charge is 0.0485 e. The molecule has 0 radical (unpaired) electrons. The molecule has 2 aromatic rings. The molecule has 0 aliphatic heterocycles. The highest BCUT2D eigenvalue weighted by atomic mass is 79.9. The topological polar surface area (TPSA) is 12.0 Å². The van der Waals surface area contributed by atoms with E-state index in [-0.39, 0.29) is 6.04 Å². The van der Waals surface area contributed by atoms with Gasteiger partial charge in [-0.3, -0.25) is 0 Å². The van der Waals surface area contributed by atoms with Crippen LogP contribution in [0.4, 0.5) is 5.69 Å². The minimum absolute atomic E-state index is 0.246. The van der Waals surface area contributed by atoms with Gasteiger partial charge in [0.1, 0.15) is 0 Å². The highest BCUT2D eigenvalue weighted by Crippen LogP contribution is 2.25. The van der Waals surface area contributed by atoms with E-state index >= 15 is 0 Å². The number of rotatable bonds is 3. The summed E-state index contributed by atoms with van der Waals surface area (Å²) >= 11 is 9.39. The average molecular weight is 325 g/mol. The summed E-state index contributed by atoms with van der Waals surface area (Å²) in [5.74, 6) is 0. The van der Waals surface area contributed by atoms with Gasteiger partial charge < -0.3 is 5.32 Å². The second-order valence-corrected chi connectivity index (χ2v) is 5.73. The van der Waals surface area contributed by atoms with Crippen molar-refractivity contribution in [3.05, 3.63) is 63.1 Å². The second-order valence-electron chi connectivity index (χ2n) is 4.38. The van der Waals surface area contributed by atoms with Crippen LogP contribution >= 0.6 is 27.5 Å². The highest BCUT2D eigenvalue weighted by Gasteiger charge is 2.07. The summed E-state index contributed by atoms with van der Waals surface area (Å²) in [7, 11) is 0. The first-order chi connectivity index (χ1) is 8.56. The Labute approximate surface area is 121 Å². The monoisotopic (exact) mass is 323 g/mol. The van der Waals surface area contributed by atoms with Crippen LogP contribution in [0, 0.1) is 6.92 Å². The van der Waals surface area contributed by atoms with Crippen molar-refractivity contribution in [2.24, 2.45) is 0 Å². The van der Waals surface area contributed by atoms with Gasteiger partial charge in [-0.25, -0.2) is 0 Å². The molecule has 0 aromatic heterocycles. The van der Waals surface area contributed by atoms with Crippen LogP contribution in [-0.2, 0) is 0 Å². The molecule has 18 heavy (non-hydrogen) atoms. The van der Waals surface area contributed by atoms with E-state index in [9.17, 15) is 0 Å². The predicted molar refractivity (Wildman–Crippen MR) is 82.4 cm³/mol. The van der Waals surface area contributed by atoms with Crippen LogP contribution in [0.3, 0.4) is 0 Å². The van der Waals surface area contributed by atoms with Crippen molar-refractivity contribution in [3.8, 4) is 0 Å². The van der Waals surface area contributed by atoms with Gasteiger partial charge in [-0.2, -0.15) is 0 Å². The van der Waals surface area contributed by atoms with E-state index in [2.05, 4.69) is 47.2 Å². The first-order valence-electron chi connectivity index (χ1n) is 5.84. The molecule has 0 bridgehead atoms. The molecule has 0 saturated heterocycles. The molecule has 1 atom stereocenters. The lowest BCUT2D eigenvalue weighted by Crippen LogP contribution is -2.07. The van der Waals surface area contributed by atoms with E-state index in [1.807, 2.05) is 30.3 Å². The number of halogens is 2. The molecule has 3 heteroatoms. The zero-order valence-corrected chi connectivity index (χ0v) is 12.7. The minimum atomic E-state index is 0.246. The maximum atomic E-state index is 5.90. The number of nitrogens with one attached hydrogen (secondary N) is 1. The molecule has 0 amide bonds. The van der Waals surface area contributed by atoms with Gasteiger partial charge >= 0.3 is 0 Å². The molecule has 2 aromatic carbocycles. The second kappa shape index (κ2) is 5.77. The minimum Gasteiger partial charge on any atom is -0.378 e. The lowest BCUT2D eigenvalue weighted by molar-refractivity contribution is 0.882. The van der Waals surface area contributed by atoms with Gasteiger partial charge in [0.05, 0.1) is 0 Å². The molecular weight excluding hydrogens is 310 g/mol. The number of hydrogen-bond donors (Lipinski definition) is 1.